The number of anilines is 1. The monoisotopic (exact) mass is 207 g/mol. The van der Waals surface area contributed by atoms with E-state index in [4.69, 9.17) is 10.9 Å². The first-order valence-electron chi connectivity index (χ1n) is 4.16. The third-order valence-electron chi connectivity index (χ3n) is 1.90. The lowest BCUT2D eigenvalue weighted by Gasteiger charge is -2.12. The van der Waals surface area contributed by atoms with E-state index in [0.29, 0.717) is 10.9 Å². The second-order valence-corrected chi connectivity index (χ2v) is 2.88. The van der Waals surface area contributed by atoms with Crippen LogP contribution in [-0.4, -0.2) is 26.5 Å². The van der Waals surface area contributed by atoms with Crippen molar-refractivity contribution >= 4 is 22.8 Å². The van der Waals surface area contributed by atoms with Crippen LogP contribution in [0.1, 0.15) is 0 Å². The molecule has 5 N–H and O–H groups in total. The summed E-state index contributed by atoms with van der Waals surface area (Å²) in [6, 6.07) is 7.30. The molecule has 0 aliphatic heterocycles. The Morgan fingerprint density at radius 2 is 2.27 bits per heavy atom. The molecule has 0 atom stereocenters. The van der Waals surface area contributed by atoms with Crippen LogP contribution in [0.3, 0.4) is 0 Å². The van der Waals surface area contributed by atoms with Crippen LogP contribution in [0, 0.1) is 0 Å². The third kappa shape index (κ3) is 1.67. The molecule has 0 unspecified atom stereocenters. The topological polar surface area (TPSA) is 107 Å². The largest absolute Gasteiger partial charge is 0.463 e. The highest BCUT2D eigenvalue weighted by Crippen LogP contribution is 2.19. The summed E-state index contributed by atoms with van der Waals surface area (Å²) >= 11 is 0. The predicted octanol–water partition coefficient (Wildman–Crippen LogP) is 0.743. The van der Waals surface area contributed by atoms with Crippen molar-refractivity contribution in [2.75, 3.05) is 5.43 Å². The Morgan fingerprint density at radius 3 is 3.00 bits per heavy atom. The van der Waals surface area contributed by atoms with Gasteiger partial charge in [0.05, 0.1) is 5.52 Å². The van der Waals surface area contributed by atoms with Gasteiger partial charge in [-0.3, -0.25) is 10.5 Å². The van der Waals surface area contributed by atoms with Crippen molar-refractivity contribution < 1.29 is 9.90 Å². The van der Waals surface area contributed by atoms with Crippen LogP contribution in [0.2, 0.25) is 0 Å². The second-order valence-electron chi connectivity index (χ2n) is 2.88. The molecule has 0 fully saturated rings. The number of carboxylic acid groups (broad SMARTS) is 1. The number of para-hydroxylation sites is 1. The lowest BCUT2D eigenvalue weighted by atomic mass is 10.2. The Labute approximate surface area is 84.4 Å². The fraction of sp³-hybridized carbons (Fsp3) is 0. The highest BCUT2D eigenvalue weighted by atomic mass is 16.4. The van der Waals surface area contributed by atoms with Gasteiger partial charge in [0, 0.05) is 5.39 Å². The van der Waals surface area contributed by atoms with Gasteiger partial charge >= 0.3 is 6.09 Å². The molecular weight excluding hydrogens is 198 g/mol. The smallest absolute Gasteiger partial charge is 0.441 e. The van der Waals surface area contributed by atoms with Gasteiger partial charge in [0.2, 0.25) is 0 Å². The number of H-pyrrole nitrogens is 1. The second kappa shape index (κ2) is 3.46. The molecule has 0 aliphatic rings. The predicted molar refractivity (Wildman–Crippen MR) is 53.8 cm³/mol. The molecule has 2 rings (SSSR count). The summed E-state index contributed by atoms with van der Waals surface area (Å²) in [5, 5.41) is 16.4. The Kier molecular flexibility index (Phi) is 2.14. The number of fused-ring (bicyclic) bond motifs is 1. The summed E-state index contributed by atoms with van der Waals surface area (Å²) in [6.07, 6.45) is -1.29. The van der Waals surface area contributed by atoms with Crippen molar-refractivity contribution in [3.05, 3.63) is 24.3 Å². The average Bonchev–Trinajstić information content (AvgIpc) is 2.62. The van der Waals surface area contributed by atoms with E-state index in [2.05, 4.69) is 15.6 Å². The number of nitrogens with one attached hydrogen (secondary N) is 2. The van der Waals surface area contributed by atoms with E-state index >= 15 is 0 Å². The molecular formula is C8H9N5O2. The third-order valence-corrected chi connectivity index (χ3v) is 1.90. The minimum Gasteiger partial charge on any atom is -0.463 e. The molecule has 15 heavy (non-hydrogen) atoms. The maximum absolute atomic E-state index is 10.5. The summed E-state index contributed by atoms with van der Waals surface area (Å²) in [6.45, 7) is 0. The summed E-state index contributed by atoms with van der Waals surface area (Å²) in [7, 11) is 0. The fourth-order valence-electron chi connectivity index (χ4n) is 1.21. The first kappa shape index (κ1) is 9.28. The molecule has 0 bridgehead atoms. The molecule has 1 heterocycles. The number of aromatic amines is 1. The summed E-state index contributed by atoms with van der Waals surface area (Å²) in [5.74, 6) is 5.54. The molecule has 0 spiro atoms. The fourth-order valence-corrected chi connectivity index (χ4v) is 1.21. The van der Waals surface area contributed by atoms with Gasteiger partial charge in [-0.05, 0) is 12.1 Å². The molecule has 0 aliphatic carbocycles. The highest BCUT2D eigenvalue weighted by Gasteiger charge is 2.10. The van der Waals surface area contributed by atoms with Gasteiger partial charge in [0.25, 0.3) is 0 Å². The molecule has 0 saturated carbocycles. The van der Waals surface area contributed by atoms with Crippen LogP contribution in [0.25, 0.3) is 10.9 Å². The van der Waals surface area contributed by atoms with Gasteiger partial charge in [-0.15, -0.1) is 5.12 Å². The van der Waals surface area contributed by atoms with Crippen molar-refractivity contribution in [1.82, 2.24) is 15.3 Å². The van der Waals surface area contributed by atoms with E-state index < -0.39 is 6.09 Å². The lowest BCUT2D eigenvalue weighted by molar-refractivity contribution is 0.156. The maximum Gasteiger partial charge on any atom is 0.441 e. The van der Waals surface area contributed by atoms with E-state index in [1.807, 2.05) is 18.2 Å². The SMILES string of the molecule is NN(Nc1n[nH]c2ccccc12)C(=O)O. The highest BCUT2D eigenvalue weighted by molar-refractivity contribution is 5.89. The van der Waals surface area contributed by atoms with Gasteiger partial charge in [0.15, 0.2) is 5.82 Å². The Morgan fingerprint density at radius 1 is 1.53 bits per heavy atom. The van der Waals surface area contributed by atoms with E-state index in [-0.39, 0.29) is 0 Å². The van der Waals surface area contributed by atoms with Crippen molar-refractivity contribution in [3.63, 3.8) is 0 Å². The standard InChI is InChI=1S/C8H9N5O2/c9-13(8(14)15)12-7-5-3-1-2-4-6(5)10-11-7/h1-4H,9H2,(H,14,15)(H2,10,11,12). The molecule has 1 amide bonds. The first-order chi connectivity index (χ1) is 7.18. The van der Waals surface area contributed by atoms with Crippen LogP contribution in [0.5, 0.6) is 0 Å². The van der Waals surface area contributed by atoms with Crippen molar-refractivity contribution in [3.8, 4) is 0 Å². The van der Waals surface area contributed by atoms with Crippen molar-refractivity contribution in [2.24, 2.45) is 5.84 Å². The zero-order chi connectivity index (χ0) is 10.8. The minimum atomic E-state index is -1.29. The van der Waals surface area contributed by atoms with Gasteiger partial charge in [-0.25, -0.2) is 10.6 Å². The van der Waals surface area contributed by atoms with Crippen molar-refractivity contribution in [2.45, 2.75) is 0 Å². The first-order valence-corrected chi connectivity index (χ1v) is 4.16. The number of hydrogen-bond acceptors (Lipinski definition) is 4. The quantitative estimate of drug-likeness (QED) is 0.330. The molecule has 0 saturated heterocycles. The lowest BCUT2D eigenvalue weighted by Crippen LogP contribution is -2.41. The Balaban J connectivity index is 2.32. The van der Waals surface area contributed by atoms with Crippen LogP contribution in [-0.2, 0) is 0 Å². The number of nitrogens with zero attached hydrogens (tertiary/aromatic N) is 2. The number of aromatic nitrogens is 2. The Hall–Kier alpha value is -2.28. The Bertz CT molecular complexity index is 494. The molecule has 1 aromatic heterocycles. The molecule has 1 aromatic carbocycles. The molecule has 0 radical (unpaired) electrons. The van der Waals surface area contributed by atoms with Crippen LogP contribution < -0.4 is 11.3 Å². The summed E-state index contributed by atoms with van der Waals surface area (Å²) in [4.78, 5) is 10.5. The summed E-state index contributed by atoms with van der Waals surface area (Å²) in [5.41, 5.74) is 3.24. The molecule has 7 heteroatoms. The van der Waals surface area contributed by atoms with E-state index in [1.165, 1.54) is 0 Å². The van der Waals surface area contributed by atoms with Gasteiger partial charge < -0.3 is 5.11 Å². The van der Waals surface area contributed by atoms with Crippen LogP contribution >= 0.6 is 0 Å². The van der Waals surface area contributed by atoms with Crippen LogP contribution in [0.15, 0.2) is 24.3 Å². The number of nitrogens with two attached hydrogens (primary N) is 1. The van der Waals surface area contributed by atoms with Crippen LogP contribution in [0.4, 0.5) is 10.6 Å². The molecule has 7 nitrogen and oxygen atoms in total. The number of benzene rings is 1. The number of hydrazine groups is 2. The zero-order valence-corrected chi connectivity index (χ0v) is 7.64. The van der Waals surface area contributed by atoms with Crippen molar-refractivity contribution in [1.29, 1.82) is 0 Å². The number of amides is 1. The number of rotatable bonds is 2. The number of carbonyl (C=O) groups is 1. The maximum atomic E-state index is 10.5. The average molecular weight is 207 g/mol. The van der Waals surface area contributed by atoms with Gasteiger partial charge in [-0.2, -0.15) is 5.10 Å². The number of hydrogen-bond donors (Lipinski definition) is 4. The van der Waals surface area contributed by atoms with Gasteiger partial charge in [0.1, 0.15) is 0 Å². The normalized spacial score (nSPS) is 10.2. The summed E-state index contributed by atoms with van der Waals surface area (Å²) < 4.78 is 0. The zero-order valence-electron chi connectivity index (χ0n) is 7.64. The molecule has 78 valence electrons. The van der Waals surface area contributed by atoms with E-state index in [9.17, 15) is 4.79 Å². The van der Waals surface area contributed by atoms with Gasteiger partial charge in [-0.1, -0.05) is 12.1 Å². The van der Waals surface area contributed by atoms with E-state index in [1.54, 1.807) is 6.07 Å². The van der Waals surface area contributed by atoms with E-state index in [0.717, 1.165) is 10.9 Å². The molecule has 2 aromatic rings. The minimum absolute atomic E-state index is 0.371.